The largest absolute Gasteiger partial charge is 0.504 e. The number of nitrogens with zero attached hydrogens (tertiary/aromatic N) is 1. The Hall–Kier alpha value is 0.0569. The summed E-state index contributed by atoms with van der Waals surface area (Å²) >= 11 is 0. The molecule has 0 aromatic heterocycles. The standard InChI is InChI=1S/C29H63NO3Si/c1-7-11-12-13-14-15-16-17-18-19-20-21-22-23-24-25-26-29(27-28-30(5)6)34(31-8-2,32-9-3)33-10-4/h29H,7-28H2,1-6H3. The normalized spacial score (nSPS) is 13.1. The van der Waals surface area contributed by atoms with Crippen LogP contribution in [-0.2, 0) is 13.3 Å². The predicted molar refractivity (Wildman–Crippen MR) is 152 cm³/mol. The van der Waals surface area contributed by atoms with Gasteiger partial charge in [-0.3, -0.25) is 0 Å². The zero-order valence-corrected chi connectivity index (χ0v) is 25.3. The van der Waals surface area contributed by atoms with Gasteiger partial charge in [-0.25, -0.2) is 0 Å². The van der Waals surface area contributed by atoms with E-state index in [4.69, 9.17) is 13.3 Å². The third-order valence-corrected chi connectivity index (χ3v) is 10.5. The van der Waals surface area contributed by atoms with Gasteiger partial charge in [-0.2, -0.15) is 0 Å². The van der Waals surface area contributed by atoms with E-state index in [2.05, 4.69) is 46.7 Å². The maximum absolute atomic E-state index is 6.26. The molecule has 0 rings (SSSR count). The minimum atomic E-state index is -2.63. The van der Waals surface area contributed by atoms with E-state index < -0.39 is 8.80 Å². The van der Waals surface area contributed by atoms with Gasteiger partial charge in [0.25, 0.3) is 0 Å². The topological polar surface area (TPSA) is 30.9 Å². The fraction of sp³-hybridized carbons (Fsp3) is 1.00. The second kappa shape index (κ2) is 24.7. The summed E-state index contributed by atoms with van der Waals surface area (Å²) in [6, 6.07) is 0. The summed E-state index contributed by atoms with van der Waals surface area (Å²) in [7, 11) is 1.67. The number of hydrogen-bond acceptors (Lipinski definition) is 4. The summed E-state index contributed by atoms with van der Waals surface area (Å²) in [6.07, 6.45) is 24.8. The summed E-state index contributed by atoms with van der Waals surface area (Å²) in [6.45, 7) is 11.6. The first-order valence-electron chi connectivity index (χ1n) is 15.1. The van der Waals surface area contributed by atoms with Crippen molar-refractivity contribution in [3.8, 4) is 0 Å². The van der Waals surface area contributed by atoms with Crippen molar-refractivity contribution in [2.45, 2.75) is 149 Å². The molecular formula is C29H63NO3Si. The van der Waals surface area contributed by atoms with Crippen molar-refractivity contribution in [3.05, 3.63) is 0 Å². The summed E-state index contributed by atoms with van der Waals surface area (Å²) in [5, 5.41) is 0. The van der Waals surface area contributed by atoms with Gasteiger partial charge in [0.1, 0.15) is 0 Å². The number of unbranched alkanes of at least 4 members (excludes halogenated alkanes) is 15. The zero-order valence-electron chi connectivity index (χ0n) is 24.3. The molecule has 0 heterocycles. The lowest BCUT2D eigenvalue weighted by Crippen LogP contribution is -2.51. The highest BCUT2D eigenvalue weighted by Crippen LogP contribution is 2.34. The smallest absolute Gasteiger partial charge is 0.374 e. The van der Waals surface area contributed by atoms with Crippen LogP contribution in [0.3, 0.4) is 0 Å². The van der Waals surface area contributed by atoms with Gasteiger partial charge < -0.3 is 18.2 Å². The fourth-order valence-corrected chi connectivity index (χ4v) is 8.14. The van der Waals surface area contributed by atoms with Gasteiger partial charge >= 0.3 is 8.80 Å². The van der Waals surface area contributed by atoms with E-state index in [0.717, 1.165) is 13.0 Å². The van der Waals surface area contributed by atoms with Gasteiger partial charge in [-0.15, -0.1) is 0 Å². The van der Waals surface area contributed by atoms with E-state index in [-0.39, 0.29) is 0 Å². The van der Waals surface area contributed by atoms with Gasteiger partial charge in [-0.1, -0.05) is 110 Å². The lowest BCUT2D eigenvalue weighted by molar-refractivity contribution is 0.0574. The molecule has 5 heteroatoms. The van der Waals surface area contributed by atoms with Crippen molar-refractivity contribution < 1.29 is 13.3 Å². The van der Waals surface area contributed by atoms with Gasteiger partial charge in [0.05, 0.1) is 0 Å². The van der Waals surface area contributed by atoms with Crippen LogP contribution in [0.25, 0.3) is 0 Å². The van der Waals surface area contributed by atoms with Crippen LogP contribution in [0.15, 0.2) is 0 Å². The third kappa shape index (κ3) is 18.3. The van der Waals surface area contributed by atoms with E-state index in [0.29, 0.717) is 25.4 Å². The molecule has 1 atom stereocenters. The van der Waals surface area contributed by atoms with Crippen LogP contribution in [0.2, 0.25) is 5.54 Å². The maximum atomic E-state index is 6.26. The molecule has 0 fully saturated rings. The van der Waals surface area contributed by atoms with Gasteiger partial charge in [0.2, 0.25) is 0 Å². The average molecular weight is 502 g/mol. The summed E-state index contributed by atoms with van der Waals surface area (Å²) in [5.74, 6) is 0. The molecule has 0 aliphatic rings. The summed E-state index contributed by atoms with van der Waals surface area (Å²) < 4.78 is 18.8. The van der Waals surface area contributed by atoms with Crippen molar-refractivity contribution in [2.75, 3.05) is 40.5 Å². The van der Waals surface area contributed by atoms with Crippen LogP contribution < -0.4 is 0 Å². The average Bonchev–Trinajstić information content (AvgIpc) is 2.81. The minimum Gasteiger partial charge on any atom is -0.374 e. The predicted octanol–water partition coefficient (Wildman–Crippen LogP) is 9.01. The molecule has 0 aliphatic heterocycles. The monoisotopic (exact) mass is 501 g/mol. The first kappa shape index (κ1) is 34.1. The van der Waals surface area contributed by atoms with Crippen LogP contribution in [0.5, 0.6) is 0 Å². The molecule has 0 saturated carbocycles. The van der Waals surface area contributed by atoms with E-state index in [1.54, 1.807) is 0 Å². The van der Waals surface area contributed by atoms with Crippen molar-refractivity contribution in [1.29, 1.82) is 0 Å². The van der Waals surface area contributed by atoms with Crippen LogP contribution in [0, 0.1) is 0 Å². The Bertz CT molecular complexity index is 392. The highest BCUT2D eigenvalue weighted by atomic mass is 28.4. The quantitative estimate of drug-likeness (QED) is 0.0829. The SMILES string of the molecule is CCCCCCCCCCCCCCCCCCC(CCN(C)C)[Si](OCC)(OCC)OCC. The highest BCUT2D eigenvalue weighted by Gasteiger charge is 2.48. The maximum Gasteiger partial charge on any atom is 0.504 e. The van der Waals surface area contributed by atoms with Crippen molar-refractivity contribution in [2.24, 2.45) is 0 Å². The number of rotatable bonds is 27. The highest BCUT2D eigenvalue weighted by molar-refractivity contribution is 6.62. The Kier molecular flexibility index (Phi) is 24.8. The van der Waals surface area contributed by atoms with Crippen LogP contribution in [-0.4, -0.2) is 54.2 Å². The fourth-order valence-electron chi connectivity index (χ4n) is 4.93. The minimum absolute atomic E-state index is 0.404. The molecule has 206 valence electrons. The lowest BCUT2D eigenvalue weighted by atomic mass is 10.0. The molecule has 0 spiro atoms. The Labute approximate surface area is 216 Å². The molecule has 0 bridgehead atoms. The molecule has 0 aromatic rings. The third-order valence-electron chi connectivity index (χ3n) is 6.87. The van der Waals surface area contributed by atoms with Gasteiger partial charge in [-0.05, 0) is 54.3 Å². The molecular weight excluding hydrogens is 438 g/mol. The Balaban J connectivity index is 4.04. The second-order valence-corrected chi connectivity index (χ2v) is 13.2. The molecule has 1 unspecified atom stereocenters. The summed E-state index contributed by atoms with van der Waals surface area (Å²) in [4.78, 5) is 2.27. The van der Waals surface area contributed by atoms with E-state index >= 15 is 0 Å². The van der Waals surface area contributed by atoms with Crippen molar-refractivity contribution >= 4 is 8.80 Å². The van der Waals surface area contributed by atoms with E-state index in [1.807, 2.05) is 0 Å². The molecule has 4 nitrogen and oxygen atoms in total. The van der Waals surface area contributed by atoms with Crippen LogP contribution in [0.4, 0.5) is 0 Å². The molecule has 0 saturated heterocycles. The molecule has 0 amide bonds. The molecule has 0 radical (unpaired) electrons. The van der Waals surface area contributed by atoms with Crippen molar-refractivity contribution in [1.82, 2.24) is 4.90 Å². The van der Waals surface area contributed by atoms with Gasteiger partial charge in [0.15, 0.2) is 0 Å². The second-order valence-electron chi connectivity index (χ2n) is 10.3. The van der Waals surface area contributed by atoms with E-state index in [1.165, 1.54) is 109 Å². The van der Waals surface area contributed by atoms with Crippen LogP contribution >= 0.6 is 0 Å². The first-order chi connectivity index (χ1) is 16.6. The Morgan fingerprint density at radius 3 is 1.18 bits per heavy atom. The Morgan fingerprint density at radius 1 is 0.500 bits per heavy atom. The van der Waals surface area contributed by atoms with Crippen molar-refractivity contribution in [3.63, 3.8) is 0 Å². The summed E-state index contributed by atoms with van der Waals surface area (Å²) in [5.41, 5.74) is 0.404. The molecule has 34 heavy (non-hydrogen) atoms. The van der Waals surface area contributed by atoms with Gasteiger partial charge in [0, 0.05) is 25.4 Å². The molecule has 0 N–H and O–H groups in total. The Morgan fingerprint density at radius 2 is 0.853 bits per heavy atom. The lowest BCUT2D eigenvalue weighted by Gasteiger charge is -2.36. The number of hydrogen-bond donors (Lipinski definition) is 0. The molecule has 0 aliphatic carbocycles. The molecule has 0 aromatic carbocycles. The van der Waals surface area contributed by atoms with Crippen LogP contribution in [0.1, 0.15) is 143 Å². The first-order valence-corrected chi connectivity index (χ1v) is 16.9. The zero-order chi connectivity index (χ0) is 25.3. The van der Waals surface area contributed by atoms with E-state index in [9.17, 15) is 0 Å².